The van der Waals surface area contributed by atoms with Crippen molar-refractivity contribution < 1.29 is 20.1 Å². The summed E-state index contributed by atoms with van der Waals surface area (Å²) >= 11 is 0. The highest BCUT2D eigenvalue weighted by molar-refractivity contribution is 5.80. The maximum Gasteiger partial charge on any atom is 0.249 e. The first-order chi connectivity index (χ1) is 21.1. The minimum absolute atomic E-state index is 0.308. The predicted octanol–water partition coefficient (Wildman–Crippen LogP) is 10.3. The van der Waals surface area contributed by atoms with Crippen molar-refractivity contribution in [2.75, 3.05) is 6.61 Å². The smallest absolute Gasteiger partial charge is 0.249 e. The number of unbranched alkanes of at least 4 members (excludes halogenated alkanes) is 27. The minimum atomic E-state index is -1.07. The summed E-state index contributed by atoms with van der Waals surface area (Å²) in [5.74, 6) is -0.469. The molecule has 0 saturated heterocycles. The Balaban J connectivity index is 3.63. The van der Waals surface area contributed by atoms with E-state index in [1.807, 2.05) is 0 Å². The molecule has 0 aromatic heterocycles. The van der Waals surface area contributed by atoms with Crippen molar-refractivity contribution in [1.82, 2.24) is 5.32 Å². The normalized spacial score (nSPS) is 13.7. The number of hydrogen-bond donors (Lipinski definition) is 4. The second kappa shape index (κ2) is 34.2. The van der Waals surface area contributed by atoms with Crippen LogP contribution in [0.3, 0.4) is 0 Å². The van der Waals surface area contributed by atoms with E-state index in [9.17, 15) is 20.1 Å². The highest BCUT2D eigenvalue weighted by Gasteiger charge is 2.23. The van der Waals surface area contributed by atoms with E-state index < -0.39 is 24.2 Å². The Bertz CT molecular complexity index is 558. The van der Waals surface area contributed by atoms with Crippen molar-refractivity contribution in [2.45, 2.75) is 231 Å². The molecule has 43 heavy (non-hydrogen) atoms. The second-order valence-electron chi connectivity index (χ2n) is 13.5. The summed E-state index contributed by atoms with van der Waals surface area (Å²) in [6.07, 6.45) is 36.6. The van der Waals surface area contributed by atoms with E-state index in [1.54, 1.807) is 0 Å². The van der Waals surface area contributed by atoms with Crippen LogP contribution in [-0.2, 0) is 4.79 Å². The van der Waals surface area contributed by atoms with Gasteiger partial charge in [-0.2, -0.15) is 0 Å². The van der Waals surface area contributed by atoms with E-state index in [0.717, 1.165) is 32.1 Å². The Hall–Kier alpha value is -0.650. The van der Waals surface area contributed by atoms with Gasteiger partial charge in [-0.25, -0.2) is 0 Å². The summed E-state index contributed by atoms with van der Waals surface area (Å²) in [6.45, 7) is 4.22. The molecular formula is C38H77NO4. The monoisotopic (exact) mass is 612 g/mol. The molecule has 5 nitrogen and oxygen atoms in total. The van der Waals surface area contributed by atoms with Gasteiger partial charge < -0.3 is 20.6 Å². The Labute approximate surface area is 268 Å². The zero-order valence-electron chi connectivity index (χ0n) is 29.1. The van der Waals surface area contributed by atoms with Gasteiger partial charge in [-0.05, 0) is 12.8 Å². The van der Waals surface area contributed by atoms with Crippen LogP contribution in [0.4, 0.5) is 0 Å². The average molecular weight is 612 g/mol. The highest BCUT2D eigenvalue weighted by Crippen LogP contribution is 2.16. The van der Waals surface area contributed by atoms with Crippen molar-refractivity contribution in [1.29, 1.82) is 0 Å². The zero-order chi connectivity index (χ0) is 31.6. The third-order valence-electron chi connectivity index (χ3n) is 9.23. The molecule has 0 fully saturated rings. The topological polar surface area (TPSA) is 89.8 Å². The molecule has 3 atom stereocenters. The molecule has 0 radical (unpaired) electrons. The number of amides is 1. The van der Waals surface area contributed by atoms with Gasteiger partial charge in [0.1, 0.15) is 6.10 Å². The lowest BCUT2D eigenvalue weighted by Gasteiger charge is -2.23. The van der Waals surface area contributed by atoms with Gasteiger partial charge >= 0.3 is 0 Å². The number of nitrogens with one attached hydrogen (secondary N) is 1. The first-order valence-electron chi connectivity index (χ1n) is 19.3. The molecule has 3 unspecified atom stereocenters. The Morgan fingerprint density at radius 3 is 1.05 bits per heavy atom. The van der Waals surface area contributed by atoms with Crippen LogP contribution in [0.15, 0.2) is 0 Å². The van der Waals surface area contributed by atoms with E-state index in [-0.39, 0.29) is 6.61 Å². The Morgan fingerprint density at radius 1 is 0.465 bits per heavy atom. The molecule has 0 aromatic rings. The van der Waals surface area contributed by atoms with Crippen molar-refractivity contribution in [3.8, 4) is 0 Å². The van der Waals surface area contributed by atoms with Gasteiger partial charge in [-0.15, -0.1) is 0 Å². The van der Waals surface area contributed by atoms with Crippen LogP contribution < -0.4 is 5.32 Å². The maximum absolute atomic E-state index is 12.4. The van der Waals surface area contributed by atoms with Gasteiger partial charge in [0.25, 0.3) is 0 Å². The third-order valence-corrected chi connectivity index (χ3v) is 9.23. The van der Waals surface area contributed by atoms with Gasteiger partial charge in [-0.3, -0.25) is 4.79 Å². The molecule has 0 spiro atoms. The van der Waals surface area contributed by atoms with Gasteiger partial charge in [-0.1, -0.05) is 200 Å². The molecule has 0 aliphatic rings. The van der Waals surface area contributed by atoms with Crippen LogP contribution in [-0.4, -0.2) is 46.1 Å². The molecule has 1 amide bonds. The van der Waals surface area contributed by atoms with Gasteiger partial charge in [0.15, 0.2) is 0 Å². The van der Waals surface area contributed by atoms with Crippen LogP contribution in [0.2, 0.25) is 0 Å². The van der Waals surface area contributed by atoms with Crippen molar-refractivity contribution in [3.63, 3.8) is 0 Å². The summed E-state index contributed by atoms with van der Waals surface area (Å²) < 4.78 is 0. The molecule has 258 valence electrons. The second-order valence-corrected chi connectivity index (χ2v) is 13.5. The summed E-state index contributed by atoms with van der Waals surface area (Å²) in [7, 11) is 0. The molecular weight excluding hydrogens is 534 g/mol. The maximum atomic E-state index is 12.4. The molecule has 0 aromatic carbocycles. The quantitative estimate of drug-likeness (QED) is 0.0537. The first-order valence-corrected chi connectivity index (χ1v) is 19.3. The van der Waals surface area contributed by atoms with E-state index in [0.29, 0.717) is 12.8 Å². The number of aliphatic hydroxyl groups excluding tert-OH is 3. The average Bonchev–Trinajstić information content (AvgIpc) is 3.01. The lowest BCUT2D eigenvalue weighted by Crippen LogP contribution is -2.49. The largest absolute Gasteiger partial charge is 0.394 e. The fourth-order valence-electron chi connectivity index (χ4n) is 6.13. The summed E-state index contributed by atoms with van der Waals surface area (Å²) in [5.41, 5.74) is 0. The van der Waals surface area contributed by atoms with E-state index in [4.69, 9.17) is 0 Å². The van der Waals surface area contributed by atoms with Crippen molar-refractivity contribution in [3.05, 3.63) is 0 Å². The van der Waals surface area contributed by atoms with Crippen LogP contribution in [0.1, 0.15) is 213 Å². The van der Waals surface area contributed by atoms with Gasteiger partial charge in [0.2, 0.25) is 5.91 Å². The van der Waals surface area contributed by atoms with E-state index in [1.165, 1.54) is 154 Å². The molecule has 4 N–H and O–H groups in total. The number of carbonyl (C=O) groups is 1. The van der Waals surface area contributed by atoms with Crippen molar-refractivity contribution >= 4 is 5.91 Å². The molecule has 5 heteroatoms. The number of aliphatic hydroxyl groups is 3. The summed E-state index contributed by atoms with van der Waals surface area (Å²) in [4.78, 5) is 12.4. The molecule has 0 aliphatic carbocycles. The highest BCUT2D eigenvalue weighted by atomic mass is 16.3. The van der Waals surface area contributed by atoms with Crippen LogP contribution in [0.5, 0.6) is 0 Å². The standard InChI is InChI=1S/C38H77NO4/c1-3-5-7-9-11-13-15-17-18-19-20-21-23-24-26-28-30-32-36(41)35(34-40)39-38(43)37(42)33-31-29-27-25-22-16-14-12-10-8-6-4-2/h35-37,40-42H,3-34H2,1-2H3,(H,39,43). The molecule has 0 aliphatic heterocycles. The van der Waals surface area contributed by atoms with Crippen molar-refractivity contribution in [2.24, 2.45) is 0 Å². The van der Waals surface area contributed by atoms with Gasteiger partial charge in [0, 0.05) is 0 Å². The van der Waals surface area contributed by atoms with Crippen LogP contribution >= 0.6 is 0 Å². The first kappa shape index (κ1) is 42.3. The lowest BCUT2D eigenvalue weighted by molar-refractivity contribution is -0.131. The van der Waals surface area contributed by atoms with Crippen LogP contribution in [0, 0.1) is 0 Å². The molecule has 0 bridgehead atoms. The fraction of sp³-hybridized carbons (Fsp3) is 0.974. The van der Waals surface area contributed by atoms with Crippen LogP contribution in [0.25, 0.3) is 0 Å². The predicted molar refractivity (Wildman–Crippen MR) is 186 cm³/mol. The summed E-state index contributed by atoms with van der Waals surface area (Å²) in [5, 5.41) is 33.1. The molecule has 0 saturated carbocycles. The van der Waals surface area contributed by atoms with E-state index >= 15 is 0 Å². The third kappa shape index (κ3) is 29.8. The number of carbonyl (C=O) groups excluding carboxylic acids is 1. The SMILES string of the molecule is CCCCCCCCCCCCCCCCCCCC(O)C(CO)NC(=O)C(O)CCCCCCCCCCCCCC. The number of rotatable bonds is 35. The van der Waals surface area contributed by atoms with Gasteiger partial charge in [0.05, 0.1) is 18.8 Å². The lowest BCUT2D eigenvalue weighted by atomic mass is 10.0. The minimum Gasteiger partial charge on any atom is -0.394 e. The number of hydrogen-bond acceptors (Lipinski definition) is 4. The Kier molecular flexibility index (Phi) is 33.7. The Morgan fingerprint density at radius 2 is 0.744 bits per heavy atom. The molecule has 0 heterocycles. The zero-order valence-corrected chi connectivity index (χ0v) is 29.1. The fourth-order valence-corrected chi connectivity index (χ4v) is 6.13. The summed E-state index contributed by atoms with van der Waals surface area (Å²) in [6, 6.07) is -0.704. The molecule has 0 rings (SSSR count). The van der Waals surface area contributed by atoms with E-state index in [2.05, 4.69) is 19.2 Å².